The Kier molecular flexibility index (Phi) is 10.7. The minimum absolute atomic E-state index is 0. The Labute approximate surface area is 129 Å². The van der Waals surface area contributed by atoms with Gasteiger partial charge < -0.3 is 34.6 Å². The average molecular weight is 354 g/mol. The van der Waals surface area contributed by atoms with Gasteiger partial charge >= 0.3 is 0 Å². The van der Waals surface area contributed by atoms with Crippen molar-refractivity contribution < 1.29 is 20.4 Å². The Hall–Kier alpha value is -1.19. The number of amidine groups is 1. The minimum atomic E-state index is 0. The van der Waals surface area contributed by atoms with Gasteiger partial charge in [-0.25, -0.2) is 0 Å². The zero-order valence-corrected chi connectivity index (χ0v) is 13.3. The fourth-order valence-corrected chi connectivity index (χ4v) is 1.76. The fraction of sp³-hybridized carbons (Fsp3) is 0.231. The predicted octanol–water partition coefficient (Wildman–Crippen LogP) is 3.94. The molecule has 0 spiro atoms. The Morgan fingerprint density at radius 1 is 1.16 bits per heavy atom. The minimum Gasteiger partial charge on any atom is -0.693 e. The molecule has 2 rings (SSSR count). The van der Waals surface area contributed by atoms with Gasteiger partial charge in [0.25, 0.3) is 0 Å². The van der Waals surface area contributed by atoms with Crippen molar-refractivity contribution in [3.05, 3.63) is 61.2 Å². The molecule has 1 aromatic heterocycles. The maximum Gasteiger partial charge on any atom is 0.0483 e. The van der Waals surface area contributed by atoms with E-state index >= 15 is 0 Å². The summed E-state index contributed by atoms with van der Waals surface area (Å²) in [6.07, 6.45) is 1.94. The van der Waals surface area contributed by atoms with Crippen LogP contribution in [0.2, 0.25) is 0 Å². The van der Waals surface area contributed by atoms with Gasteiger partial charge in [0, 0.05) is 44.6 Å². The first-order valence-corrected chi connectivity index (χ1v) is 4.89. The second kappa shape index (κ2) is 8.84. The van der Waals surface area contributed by atoms with E-state index in [4.69, 9.17) is 0 Å². The van der Waals surface area contributed by atoms with Crippen LogP contribution in [0.5, 0.6) is 0 Å². The normalized spacial score (nSPS) is 8.37. The summed E-state index contributed by atoms with van der Waals surface area (Å²) in [4.78, 5) is 1.71. The first-order valence-electron chi connectivity index (χ1n) is 4.89. The summed E-state index contributed by atoms with van der Waals surface area (Å²) in [7, 11) is 5.64. The van der Waals surface area contributed by atoms with Gasteiger partial charge in [-0.2, -0.15) is 0 Å². The fourth-order valence-electron chi connectivity index (χ4n) is 1.76. The first kappa shape index (κ1) is 22.9. The molecule has 112 valence electrons. The van der Waals surface area contributed by atoms with Crippen LogP contribution >= 0.6 is 0 Å². The molecule has 0 aliphatic rings. The van der Waals surface area contributed by atoms with E-state index in [9.17, 15) is 5.41 Å². The summed E-state index contributed by atoms with van der Waals surface area (Å²) in [6, 6.07) is 8.04. The van der Waals surface area contributed by atoms with Crippen LogP contribution < -0.4 is 0 Å². The number of hydrogen-bond donors (Lipinski definition) is 0. The molecule has 0 aliphatic carbocycles. The van der Waals surface area contributed by atoms with E-state index < -0.39 is 0 Å². The van der Waals surface area contributed by atoms with Gasteiger partial charge in [-0.3, -0.25) is 0 Å². The molecule has 5 nitrogen and oxygen atoms in total. The Morgan fingerprint density at radius 2 is 1.68 bits per heavy atom. The number of para-hydroxylation sites is 1. The van der Waals surface area contributed by atoms with Crippen LogP contribution in [-0.2, 0) is 27.5 Å². The maximum atomic E-state index is 9.94. The summed E-state index contributed by atoms with van der Waals surface area (Å²) in [5, 5.41) is 11.0. The number of nitrogens with two attached hydrogens (primary N) is 2. The summed E-state index contributed by atoms with van der Waals surface area (Å²) >= 11 is 0. The Bertz CT molecular complexity index is 519. The van der Waals surface area contributed by atoms with Crippen LogP contribution in [0.1, 0.15) is 5.56 Å². The number of aromatic nitrogens is 1. The van der Waals surface area contributed by atoms with Crippen molar-refractivity contribution in [2.24, 2.45) is 7.05 Å². The van der Waals surface area contributed by atoms with E-state index in [0.717, 1.165) is 16.5 Å². The van der Waals surface area contributed by atoms with E-state index in [2.05, 4.69) is 0 Å². The molecule has 4 N–H and O–H groups in total. The van der Waals surface area contributed by atoms with Crippen LogP contribution in [0, 0.1) is 7.43 Å². The molecule has 6 heteroatoms. The summed E-state index contributed by atoms with van der Waals surface area (Å²) in [5.41, 5.74) is 2.00. The third kappa shape index (κ3) is 4.15. The molecule has 0 aliphatic heterocycles. The zero-order valence-electron chi connectivity index (χ0n) is 11.7. The number of hydrogen-bond acceptors (Lipinski definition) is 0. The second-order valence-electron chi connectivity index (χ2n) is 3.89. The monoisotopic (exact) mass is 353 g/mol. The van der Waals surface area contributed by atoms with Crippen molar-refractivity contribution in [1.29, 1.82) is 0 Å². The van der Waals surface area contributed by atoms with E-state index in [1.807, 2.05) is 56.2 Å². The van der Waals surface area contributed by atoms with Gasteiger partial charge in [0.2, 0.25) is 0 Å². The van der Waals surface area contributed by atoms with Crippen LogP contribution in [0.25, 0.3) is 28.6 Å². The average Bonchev–Trinajstić information content (AvgIpc) is 2.56. The smallest absolute Gasteiger partial charge is 0.0483 e. The molecule has 0 fully saturated rings. The Balaban J connectivity index is -0.000000640. The van der Waals surface area contributed by atoms with Crippen LogP contribution in [-0.4, -0.2) is 29.4 Å². The number of rotatable bonds is 1. The number of nitrogens with zero attached hydrogens (tertiary/aromatic N) is 3. The van der Waals surface area contributed by atoms with Crippen LogP contribution in [0.3, 0.4) is 0 Å². The van der Waals surface area contributed by atoms with Crippen molar-refractivity contribution in [3.8, 4) is 0 Å². The zero-order chi connectivity index (χ0) is 11.0. The van der Waals surface area contributed by atoms with Gasteiger partial charge in [0.1, 0.15) is 0 Å². The molecule has 0 unspecified atom stereocenters. The molecular formula is C13H21N5Pd-4. The molecule has 2 aromatic rings. The molecular weight excluding hydrogens is 333 g/mol. The van der Waals surface area contributed by atoms with E-state index in [0.29, 0.717) is 5.84 Å². The standard InChI is InChI=1S/C12H14N3.CH3.2H2N.Pd/c1-14(2)12(13)10-8-15(3)11-7-5-4-6-9(10)11;;;;/h4-8H,1-3H3;1H3;2*1H2;/q4*-1;. The van der Waals surface area contributed by atoms with Crippen molar-refractivity contribution in [2.45, 2.75) is 0 Å². The second-order valence-corrected chi connectivity index (χ2v) is 3.89. The van der Waals surface area contributed by atoms with E-state index in [-0.39, 0.29) is 40.2 Å². The Morgan fingerprint density at radius 3 is 2.21 bits per heavy atom. The van der Waals surface area contributed by atoms with Crippen LogP contribution in [0.15, 0.2) is 30.5 Å². The molecule has 1 aromatic carbocycles. The van der Waals surface area contributed by atoms with E-state index in [1.54, 1.807) is 4.90 Å². The van der Waals surface area contributed by atoms with Gasteiger partial charge in [0.15, 0.2) is 0 Å². The van der Waals surface area contributed by atoms with Gasteiger partial charge in [0.05, 0.1) is 0 Å². The maximum absolute atomic E-state index is 9.94. The van der Waals surface area contributed by atoms with Gasteiger partial charge in [-0.1, -0.05) is 38.1 Å². The molecule has 0 radical (unpaired) electrons. The van der Waals surface area contributed by atoms with Gasteiger partial charge in [-0.15, -0.1) is 0 Å². The van der Waals surface area contributed by atoms with Crippen molar-refractivity contribution >= 4 is 16.7 Å². The molecule has 0 atom stereocenters. The summed E-state index contributed by atoms with van der Waals surface area (Å²) in [6.45, 7) is 0. The third-order valence-corrected chi connectivity index (χ3v) is 2.56. The number of fused-ring (bicyclic) bond motifs is 1. The SMILES string of the molecule is CN(C)C(=[N-])c1cn(C)c2ccccc12.[CH3-].[NH2-].[NH2-].[Pd]. The molecule has 0 saturated heterocycles. The predicted molar refractivity (Wildman–Crippen MR) is 81.1 cm³/mol. The van der Waals surface area contributed by atoms with E-state index in [1.165, 1.54) is 0 Å². The summed E-state index contributed by atoms with van der Waals surface area (Å²) in [5.74, 6) is 0.298. The third-order valence-electron chi connectivity index (χ3n) is 2.56. The van der Waals surface area contributed by atoms with Crippen LogP contribution in [0.4, 0.5) is 0 Å². The molecule has 1 heterocycles. The first-order chi connectivity index (χ1) is 7.11. The van der Waals surface area contributed by atoms with Crippen molar-refractivity contribution in [1.82, 2.24) is 9.47 Å². The largest absolute Gasteiger partial charge is 0.693 e. The molecule has 0 amide bonds. The van der Waals surface area contributed by atoms with Crippen molar-refractivity contribution in [3.63, 3.8) is 0 Å². The van der Waals surface area contributed by atoms with Crippen molar-refractivity contribution in [2.75, 3.05) is 14.1 Å². The number of benzene rings is 1. The topological polar surface area (TPSA) is 97.5 Å². The quantitative estimate of drug-likeness (QED) is 0.330. The molecule has 19 heavy (non-hydrogen) atoms. The molecule has 0 saturated carbocycles. The summed E-state index contributed by atoms with van der Waals surface area (Å²) < 4.78 is 2.02. The van der Waals surface area contributed by atoms with Gasteiger partial charge in [-0.05, 0) is 11.6 Å². The molecule has 0 bridgehead atoms. The number of aryl methyl sites for hydroxylation is 1.